The molecular weight excluding hydrogens is 479 g/mol. The zero-order valence-corrected chi connectivity index (χ0v) is 18.5. The van der Waals surface area contributed by atoms with E-state index in [9.17, 15) is 33.4 Å². The molecule has 0 amide bonds. The summed E-state index contributed by atoms with van der Waals surface area (Å²) in [6, 6.07) is 8.44. The van der Waals surface area contributed by atoms with Crippen LogP contribution in [0.5, 0.6) is 0 Å². The van der Waals surface area contributed by atoms with Gasteiger partial charge < -0.3 is 4.90 Å². The zero-order valence-electron chi connectivity index (χ0n) is 17.7. The molecule has 0 spiro atoms. The van der Waals surface area contributed by atoms with E-state index in [4.69, 9.17) is 11.6 Å². The average molecular weight is 500 g/mol. The molecule has 0 saturated carbocycles. The lowest BCUT2D eigenvalue weighted by Gasteiger charge is -2.35. The monoisotopic (exact) mass is 499 g/mol. The normalized spacial score (nSPS) is 21.6. The number of hydrazine groups is 1. The van der Waals surface area contributed by atoms with Crippen molar-refractivity contribution in [1.82, 2.24) is 10.9 Å². The molecule has 182 valence electrons. The van der Waals surface area contributed by atoms with Crippen LogP contribution in [0.1, 0.15) is 36.4 Å². The molecule has 2 saturated heterocycles. The van der Waals surface area contributed by atoms with Crippen molar-refractivity contribution >= 4 is 28.7 Å². The molecule has 2 fully saturated rings. The Morgan fingerprint density at radius 3 is 2.03 bits per heavy atom. The van der Waals surface area contributed by atoms with Gasteiger partial charge in [0.25, 0.3) is 11.4 Å². The summed E-state index contributed by atoms with van der Waals surface area (Å²) in [5.74, 6) is 0.189. The highest BCUT2D eigenvalue weighted by Crippen LogP contribution is 2.44. The summed E-state index contributed by atoms with van der Waals surface area (Å²) in [5.41, 5.74) is 4.00. The molecule has 2 aromatic rings. The van der Waals surface area contributed by atoms with Gasteiger partial charge in [0.2, 0.25) is 0 Å². The number of nitro benzene ring substituents is 2. The summed E-state index contributed by atoms with van der Waals surface area (Å²) in [5, 5.41) is 23.7. The molecule has 13 heteroatoms. The number of anilines is 1. The van der Waals surface area contributed by atoms with E-state index >= 15 is 0 Å². The third kappa shape index (κ3) is 4.93. The molecule has 2 aliphatic heterocycles. The summed E-state index contributed by atoms with van der Waals surface area (Å²) < 4.78 is 39.5. The largest absolute Gasteiger partial charge is 0.416 e. The number of piperidine rings is 1. The fourth-order valence-electron chi connectivity index (χ4n) is 4.70. The van der Waals surface area contributed by atoms with Crippen LogP contribution in [0.3, 0.4) is 0 Å². The van der Waals surface area contributed by atoms with Gasteiger partial charge >= 0.3 is 6.18 Å². The van der Waals surface area contributed by atoms with Crippen molar-refractivity contribution in [2.24, 2.45) is 5.92 Å². The number of nitro groups is 2. The average Bonchev–Trinajstić information content (AvgIpc) is 3.28. The summed E-state index contributed by atoms with van der Waals surface area (Å²) >= 11 is 5.94. The van der Waals surface area contributed by atoms with Crippen LogP contribution in [0.2, 0.25) is 5.02 Å². The van der Waals surface area contributed by atoms with Crippen LogP contribution in [0.4, 0.5) is 30.2 Å². The maximum Gasteiger partial charge on any atom is 0.416 e. The van der Waals surface area contributed by atoms with E-state index in [-0.39, 0.29) is 36.8 Å². The Labute approximate surface area is 197 Å². The molecule has 0 aliphatic carbocycles. The molecule has 2 atom stereocenters. The topological polar surface area (TPSA) is 114 Å². The molecule has 2 aromatic carbocycles. The maximum absolute atomic E-state index is 13.2. The van der Waals surface area contributed by atoms with E-state index in [1.165, 1.54) is 4.90 Å². The molecule has 0 aromatic heterocycles. The Balaban J connectivity index is 1.50. The van der Waals surface area contributed by atoms with Gasteiger partial charge in [0.1, 0.15) is 0 Å². The summed E-state index contributed by atoms with van der Waals surface area (Å²) in [4.78, 5) is 22.5. The van der Waals surface area contributed by atoms with Crippen LogP contribution in [0.15, 0.2) is 36.4 Å². The first-order valence-corrected chi connectivity index (χ1v) is 11.0. The molecule has 2 N–H and O–H groups in total. The smallest absolute Gasteiger partial charge is 0.360 e. The molecule has 9 nitrogen and oxygen atoms in total. The fraction of sp³-hybridized carbons (Fsp3) is 0.429. The number of alkyl halides is 3. The molecule has 34 heavy (non-hydrogen) atoms. The Hall–Kier alpha value is -2.96. The number of nitrogens with zero attached hydrogens (tertiary/aromatic N) is 3. The number of hydrogen-bond donors (Lipinski definition) is 2. The zero-order chi connectivity index (χ0) is 24.6. The minimum atomic E-state index is -4.94. The van der Waals surface area contributed by atoms with Gasteiger partial charge in [0, 0.05) is 42.3 Å². The minimum Gasteiger partial charge on any atom is -0.360 e. The van der Waals surface area contributed by atoms with Gasteiger partial charge in [-0.1, -0.05) is 23.7 Å². The van der Waals surface area contributed by atoms with Crippen LogP contribution >= 0.6 is 11.6 Å². The SMILES string of the molecule is O=[N+]([O-])c1cc(C(F)(F)F)cc([N+](=O)[O-])c1N1CCC(C2CC(c3ccc(Cl)cc3)NN2)CC1. The van der Waals surface area contributed by atoms with E-state index in [0.717, 1.165) is 12.0 Å². The van der Waals surface area contributed by atoms with Gasteiger partial charge in [-0.25, -0.2) is 0 Å². The second kappa shape index (κ2) is 9.35. The number of halogens is 4. The fourth-order valence-corrected chi connectivity index (χ4v) is 4.83. The van der Waals surface area contributed by atoms with Crippen LogP contribution in [-0.4, -0.2) is 29.0 Å². The maximum atomic E-state index is 13.2. The van der Waals surface area contributed by atoms with E-state index in [0.29, 0.717) is 30.0 Å². The van der Waals surface area contributed by atoms with Crippen molar-refractivity contribution < 1.29 is 23.0 Å². The number of nitrogens with one attached hydrogen (secondary N) is 2. The Morgan fingerprint density at radius 2 is 1.53 bits per heavy atom. The predicted molar refractivity (Wildman–Crippen MR) is 119 cm³/mol. The van der Waals surface area contributed by atoms with Gasteiger partial charge in [0.05, 0.1) is 15.4 Å². The molecule has 2 aliphatic rings. The predicted octanol–water partition coefficient (Wildman–Crippen LogP) is 5.00. The van der Waals surface area contributed by atoms with E-state index in [1.54, 1.807) is 0 Å². The summed E-state index contributed by atoms with van der Waals surface area (Å²) in [6.07, 6.45) is -3.00. The lowest BCUT2D eigenvalue weighted by Crippen LogP contribution is -2.43. The first-order valence-electron chi connectivity index (χ1n) is 10.6. The molecule has 2 unspecified atom stereocenters. The highest BCUT2D eigenvalue weighted by molar-refractivity contribution is 6.30. The van der Waals surface area contributed by atoms with Crippen molar-refractivity contribution in [3.05, 3.63) is 72.8 Å². The second-order valence-corrected chi connectivity index (χ2v) is 8.87. The van der Waals surface area contributed by atoms with Crippen LogP contribution in [-0.2, 0) is 6.18 Å². The van der Waals surface area contributed by atoms with Crippen LogP contribution in [0.25, 0.3) is 0 Å². The third-order valence-electron chi connectivity index (χ3n) is 6.42. The molecule has 4 rings (SSSR count). The Bertz CT molecular complexity index is 1060. The first kappa shape index (κ1) is 24.2. The molecule has 0 bridgehead atoms. The van der Waals surface area contributed by atoms with Gasteiger partial charge in [-0.15, -0.1) is 0 Å². The molecule has 2 heterocycles. The third-order valence-corrected chi connectivity index (χ3v) is 6.67. The van der Waals surface area contributed by atoms with E-state index < -0.39 is 33.0 Å². The van der Waals surface area contributed by atoms with Crippen molar-refractivity contribution in [2.45, 2.75) is 37.5 Å². The van der Waals surface area contributed by atoms with Crippen molar-refractivity contribution in [3.63, 3.8) is 0 Å². The van der Waals surface area contributed by atoms with E-state index in [2.05, 4.69) is 10.9 Å². The lowest BCUT2D eigenvalue weighted by molar-refractivity contribution is -0.393. The van der Waals surface area contributed by atoms with E-state index in [1.807, 2.05) is 24.3 Å². The van der Waals surface area contributed by atoms with Crippen molar-refractivity contribution in [1.29, 1.82) is 0 Å². The van der Waals surface area contributed by atoms with Crippen LogP contribution in [0, 0.1) is 26.1 Å². The number of benzene rings is 2. The molecular formula is C21H21ClF3N5O4. The Morgan fingerprint density at radius 1 is 0.971 bits per heavy atom. The van der Waals surface area contributed by atoms with Gasteiger partial charge in [-0.3, -0.25) is 31.1 Å². The number of rotatable bonds is 5. The first-order chi connectivity index (χ1) is 16.0. The number of hydrogen-bond acceptors (Lipinski definition) is 7. The second-order valence-electron chi connectivity index (χ2n) is 8.43. The van der Waals surface area contributed by atoms with Gasteiger partial charge in [-0.2, -0.15) is 13.2 Å². The van der Waals surface area contributed by atoms with Crippen molar-refractivity contribution in [3.8, 4) is 0 Å². The van der Waals surface area contributed by atoms with Crippen LogP contribution < -0.4 is 15.8 Å². The lowest BCUT2D eigenvalue weighted by atomic mass is 9.86. The minimum absolute atomic E-state index is 0.0809. The standard InChI is InChI=1S/C21H21ClF3N5O4/c22-15-3-1-12(2-4-15)16-11-17(27-26-16)13-5-7-28(8-6-13)20-18(29(31)32)9-14(21(23,24)25)10-19(20)30(33)34/h1-4,9-10,13,16-17,26-27H,5-8,11H2. The van der Waals surface area contributed by atoms with Gasteiger partial charge in [-0.05, 0) is 42.9 Å². The Kier molecular flexibility index (Phi) is 6.65. The van der Waals surface area contributed by atoms with Gasteiger partial charge in [0.15, 0.2) is 5.69 Å². The summed E-state index contributed by atoms with van der Waals surface area (Å²) in [6.45, 7) is 0.503. The summed E-state index contributed by atoms with van der Waals surface area (Å²) in [7, 11) is 0. The highest BCUT2D eigenvalue weighted by Gasteiger charge is 2.41. The highest BCUT2D eigenvalue weighted by atomic mass is 35.5. The molecule has 0 radical (unpaired) electrons. The van der Waals surface area contributed by atoms with Crippen molar-refractivity contribution in [2.75, 3.05) is 18.0 Å². The quantitative estimate of drug-likeness (QED) is 0.439.